The van der Waals surface area contributed by atoms with Crippen molar-refractivity contribution in [1.82, 2.24) is 4.90 Å². The summed E-state index contributed by atoms with van der Waals surface area (Å²) in [6.45, 7) is 12.0. The summed E-state index contributed by atoms with van der Waals surface area (Å²) in [5.41, 5.74) is 3.77. The van der Waals surface area contributed by atoms with Gasteiger partial charge in [-0.15, -0.1) is 11.3 Å². The van der Waals surface area contributed by atoms with Gasteiger partial charge in [-0.25, -0.2) is 0 Å². The molecule has 0 bridgehead atoms. The highest BCUT2D eigenvalue weighted by Gasteiger charge is 2.34. The number of nitrogens with zero attached hydrogens (tertiary/aromatic N) is 1. The molecule has 2 heterocycles. The summed E-state index contributed by atoms with van der Waals surface area (Å²) < 4.78 is 5.38. The van der Waals surface area contributed by atoms with Crippen LogP contribution in [0.15, 0.2) is 24.3 Å². The van der Waals surface area contributed by atoms with E-state index >= 15 is 0 Å². The van der Waals surface area contributed by atoms with E-state index in [2.05, 4.69) is 36.3 Å². The van der Waals surface area contributed by atoms with Crippen LogP contribution in [0.1, 0.15) is 53.6 Å². The van der Waals surface area contributed by atoms with Crippen LogP contribution < -0.4 is 10.6 Å². The molecule has 0 unspecified atom stereocenters. The Kier molecular flexibility index (Phi) is 7.22. The largest absolute Gasteiger partial charge is 0.379 e. The monoisotopic (exact) mass is 469 g/mol. The number of ether oxygens (including phenoxy) is 1. The number of para-hydroxylation sites is 1. The summed E-state index contributed by atoms with van der Waals surface area (Å²) in [5.74, 6) is 0.346. The highest BCUT2D eigenvalue weighted by atomic mass is 32.1. The number of thiophene rings is 1. The Morgan fingerprint density at radius 3 is 2.58 bits per heavy atom. The predicted octanol–water partition coefficient (Wildman–Crippen LogP) is 4.73. The molecule has 2 aliphatic rings. The first-order valence-electron chi connectivity index (χ1n) is 11.8. The number of morpholine rings is 1. The molecule has 1 aliphatic carbocycles. The van der Waals surface area contributed by atoms with Gasteiger partial charge in [-0.05, 0) is 54.7 Å². The van der Waals surface area contributed by atoms with Crippen LogP contribution in [0.4, 0.5) is 10.7 Å². The summed E-state index contributed by atoms with van der Waals surface area (Å²) in [4.78, 5) is 29.7. The van der Waals surface area contributed by atoms with E-state index in [0.29, 0.717) is 36.2 Å². The van der Waals surface area contributed by atoms with E-state index in [9.17, 15) is 9.59 Å². The lowest BCUT2D eigenvalue weighted by molar-refractivity contribution is -0.118. The first kappa shape index (κ1) is 23.9. The van der Waals surface area contributed by atoms with Gasteiger partial charge in [0.2, 0.25) is 5.91 Å². The fourth-order valence-electron chi connectivity index (χ4n) is 4.68. The molecule has 1 fully saturated rings. The molecule has 2 aromatic rings. The lowest BCUT2D eigenvalue weighted by Gasteiger charge is -2.33. The lowest BCUT2D eigenvalue weighted by atomic mass is 9.72. The Morgan fingerprint density at radius 2 is 1.88 bits per heavy atom. The van der Waals surface area contributed by atoms with E-state index in [1.54, 1.807) is 11.3 Å². The zero-order valence-electron chi connectivity index (χ0n) is 20.1. The highest BCUT2D eigenvalue weighted by Crippen LogP contribution is 2.44. The minimum absolute atomic E-state index is 0.0761. The number of carbonyl (C=O) groups is 2. The second kappa shape index (κ2) is 9.95. The highest BCUT2D eigenvalue weighted by molar-refractivity contribution is 7.17. The van der Waals surface area contributed by atoms with E-state index in [1.165, 1.54) is 4.88 Å². The predicted molar refractivity (Wildman–Crippen MR) is 134 cm³/mol. The molecule has 1 aromatic carbocycles. The Labute approximate surface area is 200 Å². The second-order valence-electron chi connectivity index (χ2n) is 10.2. The number of hydrogen-bond acceptors (Lipinski definition) is 5. The van der Waals surface area contributed by atoms with Crippen molar-refractivity contribution in [3.8, 4) is 0 Å². The molecule has 0 spiro atoms. The number of anilines is 2. The molecule has 1 saturated heterocycles. The second-order valence-corrected chi connectivity index (χ2v) is 11.3. The molecule has 33 heavy (non-hydrogen) atoms. The van der Waals surface area contributed by atoms with Crippen molar-refractivity contribution >= 4 is 33.8 Å². The maximum atomic E-state index is 13.5. The number of carbonyl (C=O) groups excluding carboxylic acids is 2. The molecule has 2 N–H and O–H groups in total. The summed E-state index contributed by atoms with van der Waals surface area (Å²) in [5, 5.41) is 6.85. The van der Waals surface area contributed by atoms with E-state index in [-0.39, 0.29) is 17.2 Å². The summed E-state index contributed by atoms with van der Waals surface area (Å²) in [6, 6.07) is 7.78. The fraction of sp³-hybridized carbons (Fsp3) is 0.538. The Balaban J connectivity index is 1.60. The zero-order valence-corrected chi connectivity index (χ0v) is 20.9. The van der Waals surface area contributed by atoms with Crippen LogP contribution in [0.2, 0.25) is 0 Å². The van der Waals surface area contributed by atoms with Crippen LogP contribution in [0.3, 0.4) is 0 Å². The Bertz CT molecular complexity index is 1020. The maximum Gasteiger partial charge on any atom is 0.258 e. The average molecular weight is 470 g/mol. The summed E-state index contributed by atoms with van der Waals surface area (Å²) >= 11 is 1.58. The normalized spacial score (nSPS) is 19.1. The summed E-state index contributed by atoms with van der Waals surface area (Å²) in [7, 11) is 0. The Hall–Kier alpha value is -2.22. The molecule has 0 radical (unpaired) electrons. The molecule has 0 saturated carbocycles. The average Bonchev–Trinajstić information content (AvgIpc) is 3.12. The van der Waals surface area contributed by atoms with Crippen molar-refractivity contribution < 1.29 is 14.3 Å². The van der Waals surface area contributed by atoms with Gasteiger partial charge in [-0.2, -0.15) is 0 Å². The van der Waals surface area contributed by atoms with Gasteiger partial charge in [0.05, 0.1) is 25.3 Å². The molecule has 1 aliphatic heterocycles. The standard InChI is InChI=1S/C26H35N3O3S/c1-17-7-5-6-8-20(17)27-24(31)23-19-10-9-18(26(2,3)4)15-21(19)33-25(23)28-22(30)16-29-11-13-32-14-12-29/h5-8,18H,9-16H2,1-4H3,(H,27,31)(H,28,30)/t18-/m1/s1. The lowest BCUT2D eigenvalue weighted by Crippen LogP contribution is -2.41. The van der Waals surface area contributed by atoms with Crippen molar-refractivity contribution in [3.63, 3.8) is 0 Å². The van der Waals surface area contributed by atoms with Crippen molar-refractivity contribution in [2.75, 3.05) is 43.5 Å². The number of benzene rings is 1. The quantitative estimate of drug-likeness (QED) is 0.664. The number of amides is 2. The molecule has 6 nitrogen and oxygen atoms in total. The molecule has 1 atom stereocenters. The van der Waals surface area contributed by atoms with Gasteiger partial charge in [0, 0.05) is 23.7 Å². The first-order chi connectivity index (χ1) is 15.7. The van der Waals surface area contributed by atoms with Gasteiger partial charge in [-0.3, -0.25) is 14.5 Å². The van der Waals surface area contributed by atoms with E-state index in [0.717, 1.165) is 49.2 Å². The van der Waals surface area contributed by atoms with Gasteiger partial charge >= 0.3 is 0 Å². The topological polar surface area (TPSA) is 70.7 Å². The molecular weight excluding hydrogens is 434 g/mol. The molecule has 4 rings (SSSR count). The van der Waals surface area contributed by atoms with Gasteiger partial charge < -0.3 is 15.4 Å². The van der Waals surface area contributed by atoms with Crippen LogP contribution in [-0.2, 0) is 22.4 Å². The third kappa shape index (κ3) is 5.65. The van der Waals surface area contributed by atoms with Crippen LogP contribution in [0.5, 0.6) is 0 Å². The number of nitrogens with one attached hydrogen (secondary N) is 2. The van der Waals surface area contributed by atoms with Crippen molar-refractivity contribution in [2.45, 2.75) is 47.0 Å². The van der Waals surface area contributed by atoms with Crippen molar-refractivity contribution in [3.05, 3.63) is 45.8 Å². The van der Waals surface area contributed by atoms with Crippen LogP contribution in [0, 0.1) is 18.3 Å². The smallest absolute Gasteiger partial charge is 0.258 e. The zero-order chi connectivity index (χ0) is 23.6. The van der Waals surface area contributed by atoms with Crippen LogP contribution in [0.25, 0.3) is 0 Å². The minimum Gasteiger partial charge on any atom is -0.379 e. The number of fused-ring (bicyclic) bond motifs is 1. The molecule has 1 aromatic heterocycles. The third-order valence-corrected chi connectivity index (χ3v) is 8.00. The SMILES string of the molecule is Cc1ccccc1NC(=O)c1c(NC(=O)CN2CCOCC2)sc2c1CC[C@@H](C(C)(C)C)C2. The molecular formula is C26H35N3O3S. The van der Waals surface area contributed by atoms with Gasteiger partial charge in [-0.1, -0.05) is 39.0 Å². The maximum absolute atomic E-state index is 13.5. The van der Waals surface area contributed by atoms with Gasteiger partial charge in [0.15, 0.2) is 0 Å². The third-order valence-electron chi connectivity index (χ3n) is 6.83. The van der Waals surface area contributed by atoms with E-state index in [1.807, 2.05) is 31.2 Å². The fourth-order valence-corrected chi connectivity index (χ4v) is 6.02. The van der Waals surface area contributed by atoms with Crippen molar-refractivity contribution in [2.24, 2.45) is 11.3 Å². The minimum atomic E-state index is -0.141. The van der Waals surface area contributed by atoms with Crippen LogP contribution >= 0.6 is 11.3 Å². The summed E-state index contributed by atoms with van der Waals surface area (Å²) in [6.07, 6.45) is 2.87. The van der Waals surface area contributed by atoms with Crippen LogP contribution in [-0.4, -0.2) is 49.6 Å². The number of rotatable bonds is 5. The van der Waals surface area contributed by atoms with E-state index in [4.69, 9.17) is 4.74 Å². The first-order valence-corrected chi connectivity index (χ1v) is 12.7. The number of aryl methyl sites for hydroxylation is 1. The molecule has 2 amide bonds. The van der Waals surface area contributed by atoms with Gasteiger partial charge in [0.25, 0.3) is 5.91 Å². The Morgan fingerprint density at radius 1 is 1.15 bits per heavy atom. The van der Waals surface area contributed by atoms with E-state index < -0.39 is 0 Å². The van der Waals surface area contributed by atoms with Gasteiger partial charge in [0.1, 0.15) is 5.00 Å². The molecule has 178 valence electrons. The number of hydrogen-bond donors (Lipinski definition) is 2. The molecule has 7 heteroatoms. The van der Waals surface area contributed by atoms with Crippen molar-refractivity contribution in [1.29, 1.82) is 0 Å².